The van der Waals surface area contributed by atoms with Crippen molar-refractivity contribution in [2.45, 2.75) is 52.4 Å². The van der Waals surface area contributed by atoms with Crippen LogP contribution in [0.3, 0.4) is 0 Å². The van der Waals surface area contributed by atoms with Crippen molar-refractivity contribution in [1.29, 1.82) is 0 Å². The first-order valence-corrected chi connectivity index (χ1v) is 7.52. The lowest BCUT2D eigenvalue weighted by Gasteiger charge is -2.22. The zero-order chi connectivity index (χ0) is 13.3. The third kappa shape index (κ3) is 3.22. The van der Waals surface area contributed by atoms with E-state index in [0.717, 1.165) is 40.7 Å². The van der Waals surface area contributed by atoms with Crippen molar-refractivity contribution in [3.63, 3.8) is 0 Å². The molecule has 0 atom stereocenters. The summed E-state index contributed by atoms with van der Waals surface area (Å²) in [6.07, 6.45) is 3.69. The van der Waals surface area contributed by atoms with Crippen molar-refractivity contribution in [2.75, 3.05) is 11.9 Å². The van der Waals surface area contributed by atoms with Crippen LogP contribution in [-0.2, 0) is 11.8 Å². The van der Waals surface area contributed by atoms with Gasteiger partial charge in [-0.3, -0.25) is 0 Å². The van der Waals surface area contributed by atoms with Gasteiger partial charge in [0.15, 0.2) is 0 Å². The summed E-state index contributed by atoms with van der Waals surface area (Å²) in [5.41, 5.74) is 1.13. The average molecular weight is 312 g/mol. The molecule has 1 fully saturated rings. The lowest BCUT2D eigenvalue weighted by Crippen LogP contribution is -2.18. The zero-order valence-electron chi connectivity index (χ0n) is 11.7. The van der Waals surface area contributed by atoms with E-state index >= 15 is 0 Å². The zero-order valence-corrected chi connectivity index (χ0v) is 13.3. The first kappa shape index (κ1) is 13.8. The Hall–Kier alpha value is -0.640. The van der Waals surface area contributed by atoms with Gasteiger partial charge in [0.1, 0.15) is 11.6 Å². The Morgan fingerprint density at radius 1 is 1.28 bits per heavy atom. The van der Waals surface area contributed by atoms with Crippen LogP contribution in [0, 0.1) is 5.92 Å². The van der Waals surface area contributed by atoms with Crippen LogP contribution in [0.5, 0.6) is 0 Å². The standard InChI is InChI=1S/C14H22BrN3/c1-5-16-13-11(15)12(14(2,3)4)17-10(18-13)8-9-6-7-9/h9H,5-8H2,1-4H3,(H,16,17,18). The molecule has 0 unspecified atom stereocenters. The largest absolute Gasteiger partial charge is 0.369 e. The van der Waals surface area contributed by atoms with Gasteiger partial charge >= 0.3 is 0 Å². The first-order valence-electron chi connectivity index (χ1n) is 6.72. The third-order valence-electron chi connectivity index (χ3n) is 3.12. The number of anilines is 1. The Kier molecular flexibility index (Phi) is 3.95. The number of hydrogen-bond acceptors (Lipinski definition) is 3. The second-order valence-electron chi connectivity index (χ2n) is 6.08. The molecule has 1 heterocycles. The van der Waals surface area contributed by atoms with Gasteiger partial charge in [-0.15, -0.1) is 0 Å². The predicted molar refractivity (Wildman–Crippen MR) is 79.0 cm³/mol. The fourth-order valence-electron chi connectivity index (χ4n) is 1.95. The number of nitrogens with one attached hydrogen (secondary N) is 1. The van der Waals surface area contributed by atoms with Crippen molar-refractivity contribution in [3.8, 4) is 0 Å². The first-order chi connectivity index (χ1) is 8.41. The number of rotatable bonds is 4. The number of aromatic nitrogens is 2. The Labute approximate surface area is 118 Å². The summed E-state index contributed by atoms with van der Waals surface area (Å²) in [5.74, 6) is 2.74. The average Bonchev–Trinajstić information content (AvgIpc) is 3.05. The fraction of sp³-hybridized carbons (Fsp3) is 0.714. The van der Waals surface area contributed by atoms with Gasteiger partial charge in [0.2, 0.25) is 0 Å². The van der Waals surface area contributed by atoms with E-state index in [0.29, 0.717) is 0 Å². The van der Waals surface area contributed by atoms with E-state index in [2.05, 4.69) is 53.9 Å². The van der Waals surface area contributed by atoms with Crippen LogP contribution in [-0.4, -0.2) is 16.5 Å². The van der Waals surface area contributed by atoms with E-state index in [4.69, 9.17) is 4.98 Å². The van der Waals surface area contributed by atoms with Gasteiger partial charge < -0.3 is 5.32 Å². The summed E-state index contributed by atoms with van der Waals surface area (Å²) in [6.45, 7) is 9.54. The summed E-state index contributed by atoms with van der Waals surface area (Å²) in [4.78, 5) is 9.42. The molecular weight excluding hydrogens is 290 g/mol. The molecule has 0 saturated heterocycles. The highest BCUT2D eigenvalue weighted by Gasteiger charge is 2.27. The second kappa shape index (κ2) is 5.16. The monoisotopic (exact) mass is 311 g/mol. The van der Waals surface area contributed by atoms with Gasteiger partial charge in [-0.2, -0.15) is 0 Å². The second-order valence-corrected chi connectivity index (χ2v) is 6.87. The Bertz CT molecular complexity index is 433. The highest BCUT2D eigenvalue weighted by Crippen LogP contribution is 2.35. The Balaban J connectivity index is 2.39. The summed E-state index contributed by atoms with van der Waals surface area (Å²) in [6, 6.07) is 0. The molecule has 0 amide bonds. The van der Waals surface area contributed by atoms with Gasteiger partial charge in [0.25, 0.3) is 0 Å². The van der Waals surface area contributed by atoms with Crippen molar-refractivity contribution in [3.05, 3.63) is 16.0 Å². The Morgan fingerprint density at radius 3 is 2.44 bits per heavy atom. The molecule has 18 heavy (non-hydrogen) atoms. The van der Waals surface area contributed by atoms with Crippen LogP contribution >= 0.6 is 15.9 Å². The van der Waals surface area contributed by atoms with Gasteiger partial charge in [0.05, 0.1) is 10.2 Å². The van der Waals surface area contributed by atoms with E-state index in [9.17, 15) is 0 Å². The summed E-state index contributed by atoms with van der Waals surface area (Å²) < 4.78 is 1.01. The normalized spacial score (nSPS) is 15.8. The molecule has 0 aromatic carbocycles. The maximum Gasteiger partial charge on any atom is 0.144 e. The van der Waals surface area contributed by atoms with E-state index in [1.54, 1.807) is 0 Å². The predicted octanol–water partition coefficient (Wildman–Crippen LogP) is 3.92. The molecule has 0 radical (unpaired) electrons. The van der Waals surface area contributed by atoms with Gasteiger partial charge in [-0.1, -0.05) is 20.8 Å². The molecule has 1 aromatic heterocycles. The third-order valence-corrected chi connectivity index (χ3v) is 3.87. The smallest absolute Gasteiger partial charge is 0.144 e. The molecule has 0 spiro atoms. The SMILES string of the molecule is CCNc1nc(CC2CC2)nc(C(C)(C)C)c1Br. The number of halogens is 1. The minimum absolute atomic E-state index is 0.0320. The van der Waals surface area contributed by atoms with E-state index in [1.807, 2.05) is 0 Å². The summed E-state index contributed by atoms with van der Waals surface area (Å²) in [5, 5.41) is 3.32. The molecule has 3 nitrogen and oxygen atoms in total. The molecule has 100 valence electrons. The fourth-order valence-corrected chi connectivity index (χ4v) is 2.86. The van der Waals surface area contributed by atoms with Crippen molar-refractivity contribution < 1.29 is 0 Å². The Morgan fingerprint density at radius 2 is 1.94 bits per heavy atom. The lowest BCUT2D eigenvalue weighted by atomic mass is 9.91. The number of nitrogens with zero attached hydrogens (tertiary/aromatic N) is 2. The van der Waals surface area contributed by atoms with Crippen LogP contribution in [0.1, 0.15) is 52.1 Å². The van der Waals surface area contributed by atoms with E-state index in [-0.39, 0.29) is 5.41 Å². The van der Waals surface area contributed by atoms with Crippen molar-refractivity contribution in [1.82, 2.24) is 9.97 Å². The molecular formula is C14H22BrN3. The molecule has 1 aliphatic rings. The molecule has 1 aromatic rings. The molecule has 0 aliphatic heterocycles. The molecule has 1 saturated carbocycles. The lowest BCUT2D eigenvalue weighted by molar-refractivity contribution is 0.556. The molecule has 1 N–H and O–H groups in total. The van der Waals surface area contributed by atoms with Crippen LogP contribution in [0.2, 0.25) is 0 Å². The highest BCUT2D eigenvalue weighted by molar-refractivity contribution is 9.10. The highest BCUT2D eigenvalue weighted by atomic mass is 79.9. The maximum absolute atomic E-state index is 4.77. The van der Waals surface area contributed by atoms with Crippen LogP contribution in [0.4, 0.5) is 5.82 Å². The van der Waals surface area contributed by atoms with Crippen LogP contribution < -0.4 is 5.32 Å². The van der Waals surface area contributed by atoms with Crippen LogP contribution in [0.15, 0.2) is 4.47 Å². The van der Waals surface area contributed by atoms with Gasteiger partial charge in [-0.05, 0) is 41.6 Å². The van der Waals surface area contributed by atoms with E-state index < -0.39 is 0 Å². The quantitative estimate of drug-likeness (QED) is 0.915. The topological polar surface area (TPSA) is 37.8 Å². The summed E-state index contributed by atoms with van der Waals surface area (Å²) >= 11 is 3.65. The maximum atomic E-state index is 4.77. The minimum atomic E-state index is 0.0320. The molecule has 4 heteroatoms. The summed E-state index contributed by atoms with van der Waals surface area (Å²) in [7, 11) is 0. The van der Waals surface area contributed by atoms with Crippen LogP contribution in [0.25, 0.3) is 0 Å². The van der Waals surface area contributed by atoms with Gasteiger partial charge in [-0.25, -0.2) is 9.97 Å². The van der Waals surface area contributed by atoms with Crippen molar-refractivity contribution >= 4 is 21.7 Å². The minimum Gasteiger partial charge on any atom is -0.369 e. The molecule has 0 bridgehead atoms. The van der Waals surface area contributed by atoms with Crippen molar-refractivity contribution in [2.24, 2.45) is 5.92 Å². The molecule has 1 aliphatic carbocycles. The van der Waals surface area contributed by atoms with E-state index in [1.165, 1.54) is 12.8 Å². The van der Waals surface area contributed by atoms with Gasteiger partial charge in [0, 0.05) is 18.4 Å². The molecule has 2 rings (SSSR count). The number of hydrogen-bond donors (Lipinski definition) is 1.